The van der Waals surface area contributed by atoms with Gasteiger partial charge in [0, 0.05) is 26.2 Å². The monoisotopic (exact) mass is 375 g/mol. The standard InChI is InChI=1S/C20H25N3O2.ClH/c1-14-7-9-16(10-8-14)18(21)19(24)22-12-11-15-5-4-6-17(13-15)20(25)23(2)3;/h4-10,13,18H,11-12,21H2,1-3H3,(H,22,24);1H. The van der Waals surface area contributed by atoms with Gasteiger partial charge in [0.15, 0.2) is 0 Å². The second-order valence-corrected chi connectivity index (χ2v) is 6.33. The first-order valence-corrected chi connectivity index (χ1v) is 8.29. The van der Waals surface area contributed by atoms with Crippen LogP contribution in [0, 0.1) is 6.92 Å². The molecule has 1 atom stereocenters. The fourth-order valence-corrected chi connectivity index (χ4v) is 2.48. The van der Waals surface area contributed by atoms with Gasteiger partial charge in [0.05, 0.1) is 0 Å². The Morgan fingerprint density at radius 3 is 2.38 bits per heavy atom. The molecule has 0 saturated carbocycles. The Balaban J connectivity index is 0.00000338. The molecule has 140 valence electrons. The lowest BCUT2D eigenvalue weighted by molar-refractivity contribution is -0.122. The van der Waals surface area contributed by atoms with Crippen molar-refractivity contribution >= 4 is 24.2 Å². The third kappa shape index (κ3) is 5.86. The van der Waals surface area contributed by atoms with Crippen LogP contribution in [0.15, 0.2) is 48.5 Å². The van der Waals surface area contributed by atoms with Gasteiger partial charge in [-0.3, -0.25) is 9.59 Å². The van der Waals surface area contributed by atoms with Crippen LogP contribution < -0.4 is 11.1 Å². The molecule has 0 aliphatic heterocycles. The first-order chi connectivity index (χ1) is 11.9. The van der Waals surface area contributed by atoms with Gasteiger partial charge in [-0.05, 0) is 36.6 Å². The van der Waals surface area contributed by atoms with Crippen molar-refractivity contribution in [1.82, 2.24) is 10.2 Å². The van der Waals surface area contributed by atoms with Crippen LogP contribution in [0.25, 0.3) is 0 Å². The van der Waals surface area contributed by atoms with E-state index in [1.54, 1.807) is 25.1 Å². The number of hydrogen-bond acceptors (Lipinski definition) is 3. The zero-order chi connectivity index (χ0) is 18.4. The zero-order valence-electron chi connectivity index (χ0n) is 15.4. The first-order valence-electron chi connectivity index (χ1n) is 8.29. The number of nitrogens with one attached hydrogen (secondary N) is 1. The third-order valence-corrected chi connectivity index (χ3v) is 4.01. The second kappa shape index (κ2) is 9.94. The second-order valence-electron chi connectivity index (χ2n) is 6.33. The molecule has 3 N–H and O–H groups in total. The fraction of sp³-hybridized carbons (Fsp3) is 0.300. The van der Waals surface area contributed by atoms with E-state index in [9.17, 15) is 9.59 Å². The third-order valence-electron chi connectivity index (χ3n) is 4.01. The highest BCUT2D eigenvalue weighted by molar-refractivity contribution is 5.94. The minimum absolute atomic E-state index is 0. The Kier molecular flexibility index (Phi) is 8.29. The lowest BCUT2D eigenvalue weighted by atomic mass is 10.0. The maximum absolute atomic E-state index is 12.2. The average Bonchev–Trinajstić information content (AvgIpc) is 2.61. The lowest BCUT2D eigenvalue weighted by Crippen LogP contribution is -2.35. The van der Waals surface area contributed by atoms with Crippen molar-refractivity contribution in [3.8, 4) is 0 Å². The van der Waals surface area contributed by atoms with Crippen LogP contribution in [0.5, 0.6) is 0 Å². The molecule has 26 heavy (non-hydrogen) atoms. The molecule has 2 aromatic carbocycles. The van der Waals surface area contributed by atoms with E-state index in [-0.39, 0.29) is 24.2 Å². The topological polar surface area (TPSA) is 75.4 Å². The summed E-state index contributed by atoms with van der Waals surface area (Å²) in [6, 6.07) is 14.4. The molecule has 0 aromatic heterocycles. The van der Waals surface area contributed by atoms with E-state index in [2.05, 4.69) is 5.32 Å². The zero-order valence-corrected chi connectivity index (χ0v) is 16.2. The molecule has 0 radical (unpaired) electrons. The van der Waals surface area contributed by atoms with Gasteiger partial charge >= 0.3 is 0 Å². The minimum atomic E-state index is -0.678. The van der Waals surface area contributed by atoms with Crippen LogP contribution >= 0.6 is 12.4 Å². The van der Waals surface area contributed by atoms with E-state index >= 15 is 0 Å². The quantitative estimate of drug-likeness (QED) is 0.814. The molecule has 2 rings (SSSR count). The van der Waals surface area contributed by atoms with Crippen LogP contribution in [0.1, 0.15) is 33.1 Å². The molecule has 0 aliphatic rings. The molecule has 0 aliphatic carbocycles. The van der Waals surface area contributed by atoms with Crippen molar-refractivity contribution in [2.75, 3.05) is 20.6 Å². The normalized spacial score (nSPS) is 11.2. The molecule has 0 bridgehead atoms. The maximum atomic E-state index is 12.2. The molecule has 6 heteroatoms. The van der Waals surface area contributed by atoms with Gasteiger partial charge in [-0.2, -0.15) is 0 Å². The van der Waals surface area contributed by atoms with Crippen LogP contribution in [0.4, 0.5) is 0 Å². The summed E-state index contributed by atoms with van der Waals surface area (Å²) < 4.78 is 0. The summed E-state index contributed by atoms with van der Waals surface area (Å²) in [4.78, 5) is 25.7. The maximum Gasteiger partial charge on any atom is 0.253 e. The summed E-state index contributed by atoms with van der Waals surface area (Å²) >= 11 is 0. The van der Waals surface area contributed by atoms with Gasteiger partial charge in [0.1, 0.15) is 6.04 Å². The van der Waals surface area contributed by atoms with Crippen LogP contribution in [0.3, 0.4) is 0 Å². The Bertz CT molecular complexity index is 745. The Hall–Kier alpha value is -2.37. The van der Waals surface area contributed by atoms with Crippen molar-refractivity contribution in [3.63, 3.8) is 0 Å². The molecule has 0 spiro atoms. The van der Waals surface area contributed by atoms with Crippen molar-refractivity contribution in [2.24, 2.45) is 5.73 Å². The summed E-state index contributed by atoms with van der Waals surface area (Å²) in [6.07, 6.45) is 0.640. The van der Waals surface area contributed by atoms with E-state index in [0.29, 0.717) is 18.5 Å². The van der Waals surface area contributed by atoms with E-state index in [1.807, 2.05) is 49.4 Å². The van der Waals surface area contributed by atoms with Gasteiger partial charge in [-0.15, -0.1) is 12.4 Å². The van der Waals surface area contributed by atoms with Crippen LogP contribution in [-0.4, -0.2) is 37.4 Å². The fourth-order valence-electron chi connectivity index (χ4n) is 2.48. The smallest absolute Gasteiger partial charge is 0.253 e. The molecular weight excluding hydrogens is 350 g/mol. The number of nitrogens with two attached hydrogens (primary N) is 1. The molecule has 2 amide bonds. The number of amides is 2. The van der Waals surface area contributed by atoms with Crippen molar-refractivity contribution in [3.05, 3.63) is 70.8 Å². The average molecular weight is 376 g/mol. The molecule has 0 saturated heterocycles. The van der Waals surface area contributed by atoms with Crippen molar-refractivity contribution in [1.29, 1.82) is 0 Å². The largest absolute Gasteiger partial charge is 0.354 e. The van der Waals surface area contributed by atoms with Gasteiger partial charge in [0.25, 0.3) is 5.91 Å². The van der Waals surface area contributed by atoms with Gasteiger partial charge in [0.2, 0.25) is 5.91 Å². The molecule has 2 aromatic rings. The highest BCUT2D eigenvalue weighted by atomic mass is 35.5. The molecule has 0 heterocycles. The first kappa shape index (κ1) is 21.7. The predicted molar refractivity (Wildman–Crippen MR) is 107 cm³/mol. The molecular formula is C20H26ClN3O2. The van der Waals surface area contributed by atoms with E-state index in [0.717, 1.165) is 16.7 Å². The van der Waals surface area contributed by atoms with Crippen LogP contribution in [0.2, 0.25) is 0 Å². The highest BCUT2D eigenvalue weighted by Crippen LogP contribution is 2.12. The number of rotatable bonds is 6. The van der Waals surface area contributed by atoms with E-state index in [1.165, 1.54) is 0 Å². The van der Waals surface area contributed by atoms with Gasteiger partial charge in [-0.25, -0.2) is 0 Å². The SMILES string of the molecule is Cc1ccc(C(N)C(=O)NCCc2cccc(C(=O)N(C)C)c2)cc1.Cl. The highest BCUT2D eigenvalue weighted by Gasteiger charge is 2.15. The van der Waals surface area contributed by atoms with Gasteiger partial charge < -0.3 is 16.0 Å². The Morgan fingerprint density at radius 1 is 1.12 bits per heavy atom. The summed E-state index contributed by atoms with van der Waals surface area (Å²) in [5.74, 6) is -0.239. The number of carbonyl (C=O) groups excluding carboxylic acids is 2. The predicted octanol–water partition coefficient (Wildman–Crippen LogP) is 2.48. The van der Waals surface area contributed by atoms with E-state index < -0.39 is 6.04 Å². The Labute approximate surface area is 161 Å². The van der Waals surface area contributed by atoms with E-state index in [4.69, 9.17) is 5.73 Å². The summed E-state index contributed by atoms with van der Waals surface area (Å²) in [7, 11) is 3.45. The van der Waals surface area contributed by atoms with Crippen molar-refractivity contribution < 1.29 is 9.59 Å². The molecule has 0 fully saturated rings. The number of halogens is 1. The van der Waals surface area contributed by atoms with Gasteiger partial charge in [-0.1, -0.05) is 42.0 Å². The summed E-state index contributed by atoms with van der Waals surface area (Å²) in [6.45, 7) is 2.46. The lowest BCUT2D eigenvalue weighted by Gasteiger charge is -2.14. The molecule has 5 nitrogen and oxygen atoms in total. The number of aryl methyl sites for hydroxylation is 1. The number of carbonyl (C=O) groups is 2. The summed E-state index contributed by atoms with van der Waals surface area (Å²) in [5.41, 5.74) is 9.57. The number of benzene rings is 2. The van der Waals surface area contributed by atoms with Crippen LogP contribution in [-0.2, 0) is 11.2 Å². The molecule has 1 unspecified atom stereocenters. The van der Waals surface area contributed by atoms with Crippen molar-refractivity contribution in [2.45, 2.75) is 19.4 Å². The number of nitrogens with zero attached hydrogens (tertiary/aromatic N) is 1. The number of hydrogen-bond donors (Lipinski definition) is 2. The Morgan fingerprint density at radius 2 is 1.77 bits per heavy atom. The summed E-state index contributed by atoms with van der Waals surface area (Å²) in [5, 5.41) is 2.86. The minimum Gasteiger partial charge on any atom is -0.354 e.